The summed E-state index contributed by atoms with van der Waals surface area (Å²) in [6.07, 6.45) is 45.3. The van der Waals surface area contributed by atoms with E-state index in [2.05, 4.69) is 143 Å². The maximum Gasteiger partial charge on any atom is 0.175 e. The van der Waals surface area contributed by atoms with Gasteiger partial charge >= 0.3 is 0 Å². The second kappa shape index (κ2) is 175. The van der Waals surface area contributed by atoms with Crippen molar-refractivity contribution in [2.75, 3.05) is 6.67 Å². The maximum atomic E-state index is 4.58. The summed E-state index contributed by atoms with van der Waals surface area (Å²) >= 11 is 4.78. The predicted octanol–water partition coefficient (Wildman–Crippen LogP) is 28.5. The van der Waals surface area contributed by atoms with Crippen molar-refractivity contribution in [2.24, 2.45) is 20.7 Å². The quantitative estimate of drug-likeness (QED) is 0.0942. The number of hydrogen-bond acceptors (Lipinski definition) is 23. The number of fused-ring (bicyclic) bond motifs is 1. The standard InChI is InChI=1S/C8H7N.C5H5N.3C4H4N2.C4H5N.C4H4O.C4H4S.2C3H4N2.C3H3NO.2C3H3NS.C2H3N3.15C2H6.CH2N4/c1-2-4-8-7(3-1)5-6-9-8;1-2-4-6-5-3-1;1-2-6-4-3-5-1;1-2-5-4-6-3-1;1-2-4-6-5-3-1;3*1-2-4-5-3-1;1-2-5-3-4-1;2*1-2-4-5-3-1;1-2-5-3-4-1;1-2-4-5-3-1;1-3-2-5-4-1;15*1-2;1-2-4-5-3-1/h1-6,9H;1-5H;3*1-4H;1-5H;2*1-4H;2*1-3H,(H,4,5);3*1-3H;1-2H,(H,3,4,5);15*1-2H3;1H2. The minimum absolute atomic E-state index is 0.417. The Morgan fingerprint density at radius 2 is 0.841 bits per heavy atom. The third kappa shape index (κ3) is 154. The number of thiazole rings is 1. The highest BCUT2D eigenvalue weighted by Crippen LogP contribution is 2.09. The number of benzene rings is 1. The Morgan fingerprint density at radius 3 is 1.04 bits per heavy atom. The first-order valence-corrected chi connectivity index (χ1v) is 41.6. The highest BCUT2D eigenvalue weighted by Gasteiger charge is 1.87. The van der Waals surface area contributed by atoms with E-state index in [0.29, 0.717) is 6.67 Å². The zero-order chi connectivity index (χ0) is 88.4. The Kier molecular flexibility index (Phi) is 207. The molecule has 0 radical (unpaired) electrons. The van der Waals surface area contributed by atoms with Gasteiger partial charge in [-0.1, -0.05) is 249 Å². The summed E-state index contributed by atoms with van der Waals surface area (Å²) in [6.45, 7) is 60.4. The second-order valence-corrected chi connectivity index (χ2v) is 15.4. The largest absolute Gasteiger partial charge is 0.473 e. The van der Waals surface area contributed by atoms with Crippen LogP contribution in [0.4, 0.5) is 0 Å². The lowest BCUT2D eigenvalue weighted by atomic mass is 10.3. The number of thiophene rings is 1. The predicted molar refractivity (Wildman–Crippen MR) is 492 cm³/mol. The number of rotatable bonds is 0. The van der Waals surface area contributed by atoms with Crippen LogP contribution < -0.4 is 0 Å². The molecule has 15 heterocycles. The molecule has 1 aliphatic heterocycles. The fraction of sp³-hybridized carbons (Fsp3) is 0.365. The number of hydrogen-bond donors (Lipinski definition) is 5. The number of furan rings is 1. The number of aromatic nitrogens is 19. The Bertz CT molecular complexity index is 2470. The van der Waals surface area contributed by atoms with Gasteiger partial charge in [0.2, 0.25) is 0 Å². The second-order valence-electron chi connectivity index (χ2n) is 13.1. The molecule has 1 aromatic carbocycles. The van der Waals surface area contributed by atoms with Crippen LogP contribution in [0.15, 0.2) is 346 Å². The summed E-state index contributed by atoms with van der Waals surface area (Å²) in [4.78, 5) is 38.3. The highest BCUT2D eigenvalue weighted by molar-refractivity contribution is 7.07. The topological polar surface area (TPSA) is 335 Å². The van der Waals surface area contributed by atoms with Crippen LogP contribution in [0.2, 0.25) is 0 Å². The van der Waals surface area contributed by atoms with E-state index in [1.165, 1.54) is 47.7 Å². The summed E-state index contributed by atoms with van der Waals surface area (Å²) in [7, 11) is 0. The average Bonchev–Trinajstić information content (AvgIpc) is 1.75. The minimum atomic E-state index is 0.417. The summed E-state index contributed by atoms with van der Waals surface area (Å²) in [5, 5.41) is 44.9. The highest BCUT2D eigenvalue weighted by atomic mass is 32.1. The van der Waals surface area contributed by atoms with Crippen molar-refractivity contribution >= 4 is 45.1 Å². The molecule has 16 rings (SSSR count). The summed E-state index contributed by atoms with van der Waals surface area (Å²) in [6, 6.07) is 38.5. The van der Waals surface area contributed by atoms with Crippen molar-refractivity contribution in [3.8, 4) is 0 Å². The van der Waals surface area contributed by atoms with Gasteiger partial charge in [-0.25, -0.2) is 24.3 Å². The number of H-pyrrole nitrogens is 5. The average molecular weight is 1620 g/mol. The van der Waals surface area contributed by atoms with Gasteiger partial charge in [-0.15, -0.1) is 21.6 Å². The molecule has 5 N–H and O–H groups in total. The van der Waals surface area contributed by atoms with Gasteiger partial charge in [0.25, 0.3) is 0 Å². The lowest BCUT2D eigenvalue weighted by molar-refractivity contribution is 0.420. The molecule has 0 fully saturated rings. The van der Waals surface area contributed by atoms with E-state index in [4.69, 9.17) is 0 Å². The van der Waals surface area contributed by atoms with E-state index in [1.807, 2.05) is 339 Å². The van der Waals surface area contributed by atoms with Crippen LogP contribution in [0.1, 0.15) is 208 Å². The van der Waals surface area contributed by atoms with Crippen LogP contribution in [0.25, 0.3) is 10.9 Å². The first-order valence-electron chi connectivity index (χ1n) is 38.9. The SMILES string of the molecule is C1N=NN=N1.CC.CC.CC.CC.CC.CC.CC.CC.CC.CC.CC.CC.CC.CC.CC.c1c[nH]cn1.c1cc[nH]c1.c1ccc2[nH]ccc2c1.c1ccncc1.c1ccnnc1.c1ccoc1.c1ccsc1.c1cn[nH]c1.c1cnccn1.c1cncnc1.c1cnoc1.c1cnsc1.c1cscn1.c1nc[nH]n1. The maximum absolute atomic E-state index is 4.58. The van der Waals surface area contributed by atoms with Crippen molar-refractivity contribution in [2.45, 2.75) is 208 Å². The van der Waals surface area contributed by atoms with Crippen molar-refractivity contribution < 1.29 is 8.94 Å². The van der Waals surface area contributed by atoms with Gasteiger partial charge < -0.3 is 23.9 Å². The third-order valence-electron chi connectivity index (χ3n) is 7.29. The number of para-hydroxylation sites is 1. The number of pyridine rings is 1. The summed E-state index contributed by atoms with van der Waals surface area (Å²) in [5.41, 5.74) is 3.00. The van der Waals surface area contributed by atoms with Crippen LogP contribution in [-0.2, 0) is 0 Å². The van der Waals surface area contributed by atoms with E-state index < -0.39 is 0 Å². The summed E-state index contributed by atoms with van der Waals surface area (Å²) in [5.74, 6) is 0. The first kappa shape index (κ1) is 134. The minimum Gasteiger partial charge on any atom is -0.473 e. The van der Waals surface area contributed by atoms with Crippen LogP contribution in [0, 0.1) is 0 Å². The summed E-state index contributed by atoms with van der Waals surface area (Å²) < 4.78 is 12.7. The third-order valence-corrected chi connectivity index (χ3v) is 8.96. The first-order chi connectivity index (χ1) is 56.5. The molecular weight excluding hydrogens is 1470 g/mol. The molecule has 28 heteroatoms. The Morgan fingerprint density at radius 1 is 0.310 bits per heavy atom. The lowest BCUT2D eigenvalue weighted by Crippen LogP contribution is -1.69. The van der Waals surface area contributed by atoms with Gasteiger partial charge in [0.05, 0.1) is 30.6 Å². The number of nitrogens with zero attached hydrogens (tertiary/aromatic N) is 18. The fourth-order valence-corrected chi connectivity index (χ4v) is 5.22. The molecule has 25 nitrogen and oxygen atoms in total. The molecule has 0 unspecified atom stereocenters. The van der Waals surface area contributed by atoms with Crippen LogP contribution in [-0.4, -0.2) is 102 Å². The molecule has 634 valence electrons. The molecule has 0 atom stereocenters. The molecule has 14 aromatic heterocycles. The molecule has 0 aliphatic carbocycles. The van der Waals surface area contributed by atoms with Gasteiger partial charge in [-0.3, -0.25) is 30.1 Å². The van der Waals surface area contributed by atoms with E-state index in [9.17, 15) is 0 Å². The number of aromatic amines is 5. The van der Waals surface area contributed by atoms with Gasteiger partial charge in [-0.2, -0.15) is 31.7 Å². The lowest BCUT2D eigenvalue weighted by Gasteiger charge is -1.83. The molecule has 0 bridgehead atoms. The molecule has 15 aromatic rings. The fourth-order valence-electron chi connectivity index (χ4n) is 4.06. The molecule has 1 aliphatic rings. The van der Waals surface area contributed by atoms with Gasteiger partial charge in [0.1, 0.15) is 25.2 Å². The van der Waals surface area contributed by atoms with Crippen molar-refractivity contribution in [3.63, 3.8) is 0 Å². The zero-order valence-corrected chi connectivity index (χ0v) is 76.8. The van der Waals surface area contributed by atoms with Gasteiger partial charge in [0.15, 0.2) is 6.67 Å². The molecule has 0 amide bonds. The van der Waals surface area contributed by atoms with E-state index in [0.717, 1.165) is 0 Å². The molecular formula is C85H149N23O2S3. The van der Waals surface area contributed by atoms with E-state index >= 15 is 0 Å². The van der Waals surface area contributed by atoms with Crippen LogP contribution >= 0.6 is 34.2 Å². The number of nitrogens with one attached hydrogen (secondary N) is 5. The zero-order valence-electron chi connectivity index (χ0n) is 74.3. The van der Waals surface area contributed by atoms with Crippen molar-refractivity contribution in [1.82, 2.24) is 94.9 Å². The van der Waals surface area contributed by atoms with E-state index in [-0.39, 0.29) is 0 Å². The van der Waals surface area contributed by atoms with Crippen LogP contribution in [0.3, 0.4) is 0 Å². The van der Waals surface area contributed by atoms with Crippen molar-refractivity contribution in [1.29, 1.82) is 0 Å². The smallest absolute Gasteiger partial charge is 0.175 e. The normalized spacial score (nSPS) is 7.27. The van der Waals surface area contributed by atoms with Crippen molar-refractivity contribution in [3.05, 3.63) is 316 Å². The molecule has 113 heavy (non-hydrogen) atoms. The molecule has 0 spiro atoms. The molecule has 0 saturated carbocycles. The van der Waals surface area contributed by atoms with E-state index in [1.54, 1.807) is 165 Å². The Balaban J connectivity index is -0.0000000758. The number of imidazole rings is 1. The molecule has 0 saturated heterocycles. The van der Waals surface area contributed by atoms with Gasteiger partial charge in [-0.05, 0) is 123 Å². The monoisotopic (exact) mass is 1620 g/mol. The van der Waals surface area contributed by atoms with Crippen LogP contribution in [0.5, 0.6) is 0 Å². The van der Waals surface area contributed by atoms with Gasteiger partial charge in [0, 0.05) is 134 Å². The Hall–Kier alpha value is -11.4. The Labute approximate surface area is 696 Å².